The first-order chi connectivity index (χ1) is 27.2. The maximum absolute atomic E-state index is 13.7. The van der Waals surface area contributed by atoms with E-state index < -0.39 is 78.5 Å². The number of hydrogen-bond acceptors (Lipinski definition) is 12. The highest BCUT2D eigenvalue weighted by atomic mass is 32.2. The van der Waals surface area contributed by atoms with Gasteiger partial charge in [-0.15, -0.1) is 11.8 Å². The second-order valence-electron chi connectivity index (χ2n) is 13.5. The highest BCUT2D eigenvalue weighted by Crippen LogP contribution is 2.38. The quantitative estimate of drug-likeness (QED) is 0.0897. The maximum Gasteiger partial charge on any atom is 0.338 e. The molecular weight excluding hydrogens is 737 g/mol. The van der Waals surface area contributed by atoms with Gasteiger partial charge in [0.15, 0.2) is 24.6 Å². The lowest BCUT2D eigenvalue weighted by molar-refractivity contribution is -0.341. The number of carbonyl (C=O) groups excluding carboxylic acids is 3. The molecule has 296 valence electrons. The molecule has 0 spiro atoms. The van der Waals surface area contributed by atoms with Gasteiger partial charge in [-0.25, -0.2) is 9.59 Å². The molecule has 0 aliphatic carbocycles. The van der Waals surface area contributed by atoms with Crippen molar-refractivity contribution in [3.8, 4) is 0 Å². The van der Waals surface area contributed by atoms with Crippen LogP contribution in [0.5, 0.6) is 0 Å². The van der Waals surface area contributed by atoms with E-state index in [0.717, 1.165) is 11.1 Å². The maximum atomic E-state index is 13.7. The van der Waals surface area contributed by atoms with Crippen molar-refractivity contribution in [3.63, 3.8) is 0 Å². The minimum absolute atomic E-state index is 0.0824. The molecule has 6 rings (SSSR count). The number of carbonyl (C=O) groups is 3. The Bertz CT molecular complexity index is 1830. The van der Waals surface area contributed by atoms with Gasteiger partial charge in [-0.2, -0.15) is 0 Å². The average Bonchev–Trinajstić information content (AvgIpc) is 3.21. The van der Waals surface area contributed by atoms with E-state index >= 15 is 0 Å². The van der Waals surface area contributed by atoms with Crippen molar-refractivity contribution in [3.05, 3.63) is 144 Å². The molecule has 56 heavy (non-hydrogen) atoms. The molecule has 0 aromatic heterocycles. The molecule has 12 heteroatoms. The van der Waals surface area contributed by atoms with Crippen LogP contribution in [0.4, 0.5) is 0 Å². The minimum atomic E-state index is -1.23. The van der Waals surface area contributed by atoms with Gasteiger partial charge in [0.2, 0.25) is 0 Å². The van der Waals surface area contributed by atoms with Gasteiger partial charge in [0.05, 0.1) is 36.5 Å². The molecule has 0 radical (unpaired) electrons. The molecular formula is C44H48O11S. The smallest absolute Gasteiger partial charge is 0.338 e. The fourth-order valence-electron chi connectivity index (χ4n) is 6.73. The fraction of sp³-hybridized carbons (Fsp3) is 0.386. The van der Waals surface area contributed by atoms with Gasteiger partial charge in [0.25, 0.3) is 0 Å². The molecule has 4 aromatic rings. The van der Waals surface area contributed by atoms with Crippen LogP contribution in [0, 0.1) is 0 Å². The van der Waals surface area contributed by atoms with Crippen LogP contribution in [-0.4, -0.2) is 84.2 Å². The molecule has 2 saturated heterocycles. The Morgan fingerprint density at radius 2 is 1.00 bits per heavy atom. The van der Waals surface area contributed by atoms with Gasteiger partial charge in [-0.3, -0.25) is 4.79 Å². The number of benzene rings is 4. The Balaban J connectivity index is 1.37. The Morgan fingerprint density at radius 3 is 1.48 bits per heavy atom. The number of hydrogen-bond donors (Lipinski definition) is 0. The van der Waals surface area contributed by atoms with Crippen LogP contribution < -0.4 is 0 Å². The van der Waals surface area contributed by atoms with Crippen LogP contribution in [0.2, 0.25) is 0 Å². The van der Waals surface area contributed by atoms with E-state index in [1.807, 2.05) is 80.6 Å². The van der Waals surface area contributed by atoms with E-state index in [1.54, 1.807) is 61.5 Å². The summed E-state index contributed by atoms with van der Waals surface area (Å²) in [5.41, 5.74) is 1.91. The van der Waals surface area contributed by atoms with Crippen LogP contribution in [0.25, 0.3) is 0 Å². The monoisotopic (exact) mass is 784 g/mol. The third-order valence-electron chi connectivity index (χ3n) is 9.45. The van der Waals surface area contributed by atoms with Crippen molar-refractivity contribution >= 4 is 29.7 Å². The summed E-state index contributed by atoms with van der Waals surface area (Å²) in [5.74, 6) is -1.10. The molecule has 10 atom stereocenters. The molecule has 0 N–H and O–H groups in total. The Labute approximate surface area is 331 Å². The molecule has 2 aliphatic heterocycles. The van der Waals surface area contributed by atoms with Crippen LogP contribution in [0.3, 0.4) is 0 Å². The number of thioether (sulfide) groups is 1. The van der Waals surface area contributed by atoms with E-state index in [0.29, 0.717) is 16.9 Å². The van der Waals surface area contributed by atoms with Crippen LogP contribution in [-0.2, 0) is 55.9 Å². The molecule has 0 unspecified atom stereocenters. The topological polar surface area (TPSA) is 125 Å². The number of esters is 3. The molecule has 2 fully saturated rings. The van der Waals surface area contributed by atoms with Gasteiger partial charge < -0.3 is 37.9 Å². The molecule has 0 saturated carbocycles. The average molecular weight is 785 g/mol. The first-order valence-corrected chi connectivity index (χ1v) is 19.8. The molecule has 0 amide bonds. The second kappa shape index (κ2) is 20.0. The second-order valence-corrected chi connectivity index (χ2v) is 14.9. The van der Waals surface area contributed by atoms with Crippen LogP contribution >= 0.6 is 11.8 Å². The van der Waals surface area contributed by atoms with Crippen molar-refractivity contribution in [2.75, 3.05) is 5.75 Å². The van der Waals surface area contributed by atoms with Gasteiger partial charge in [0.1, 0.15) is 23.7 Å². The summed E-state index contributed by atoms with van der Waals surface area (Å²) in [6.07, 6.45) is -8.81. The van der Waals surface area contributed by atoms with Crippen molar-refractivity contribution in [1.82, 2.24) is 0 Å². The summed E-state index contributed by atoms with van der Waals surface area (Å²) >= 11 is 1.54. The van der Waals surface area contributed by atoms with Crippen molar-refractivity contribution in [2.24, 2.45) is 0 Å². The van der Waals surface area contributed by atoms with E-state index in [1.165, 1.54) is 18.7 Å². The third kappa shape index (κ3) is 10.6. The minimum Gasteiger partial charge on any atom is -0.455 e. The fourth-order valence-corrected chi connectivity index (χ4v) is 7.74. The standard InChI is InChI=1S/C44H48O11S/c1-5-56-44-40(49-27-32-20-12-7-13-21-32)38(36(29(3)51-44)54-42(47)34-24-16-9-17-25-34)55-43-39(48-26-31-18-10-6-11-19-31)37(52-30(4)45)35(28(2)50-43)53-41(46)33-22-14-8-15-23-33/h6-25,28-29,35-40,43-44H,5,26-27H2,1-4H3/t28-,29-,35+,36+,37+,38+,39-,40-,43-,44+/m0/s1. The zero-order valence-electron chi connectivity index (χ0n) is 31.8. The van der Waals surface area contributed by atoms with Crippen molar-refractivity contribution in [1.29, 1.82) is 0 Å². The summed E-state index contributed by atoms with van der Waals surface area (Å²) in [5, 5.41) is 0. The predicted octanol–water partition coefficient (Wildman–Crippen LogP) is 7.17. The Morgan fingerprint density at radius 1 is 0.554 bits per heavy atom. The zero-order chi connectivity index (χ0) is 39.4. The molecule has 0 bridgehead atoms. The molecule has 2 aliphatic rings. The van der Waals surface area contributed by atoms with Gasteiger partial charge in [-0.05, 0) is 55.0 Å². The lowest BCUT2D eigenvalue weighted by Gasteiger charge is -2.49. The molecule has 2 heterocycles. The van der Waals surface area contributed by atoms with E-state index in [9.17, 15) is 14.4 Å². The first-order valence-electron chi connectivity index (χ1n) is 18.8. The van der Waals surface area contributed by atoms with E-state index in [-0.39, 0.29) is 13.2 Å². The SMILES string of the molecule is CCS[C@H]1O[C@@H](C)[C@@H](OC(=O)c2ccccc2)[C@@H](O[C@@H]2O[C@@H](C)[C@@H](OC(=O)c3ccccc3)[C@@H](OC(C)=O)[C@@H]2OCc2ccccc2)[C@@H]1OCc1ccccc1. The van der Waals surface area contributed by atoms with Crippen LogP contribution in [0.15, 0.2) is 121 Å². The van der Waals surface area contributed by atoms with Crippen molar-refractivity contribution in [2.45, 2.75) is 101 Å². The highest BCUT2D eigenvalue weighted by Gasteiger charge is 2.55. The number of rotatable bonds is 15. The summed E-state index contributed by atoms with van der Waals surface area (Å²) in [6, 6.07) is 36.3. The van der Waals surface area contributed by atoms with Gasteiger partial charge >= 0.3 is 17.9 Å². The summed E-state index contributed by atoms with van der Waals surface area (Å²) < 4.78 is 51.5. The van der Waals surface area contributed by atoms with Gasteiger partial charge in [-0.1, -0.05) is 104 Å². The molecule has 4 aromatic carbocycles. The van der Waals surface area contributed by atoms with Crippen molar-refractivity contribution < 1.29 is 52.3 Å². The Kier molecular flexibility index (Phi) is 14.7. The molecule has 11 nitrogen and oxygen atoms in total. The summed E-state index contributed by atoms with van der Waals surface area (Å²) in [4.78, 5) is 39.9. The summed E-state index contributed by atoms with van der Waals surface area (Å²) in [7, 11) is 0. The summed E-state index contributed by atoms with van der Waals surface area (Å²) in [6.45, 7) is 7.13. The Hall–Kier alpha value is -4.56. The zero-order valence-corrected chi connectivity index (χ0v) is 32.7. The number of ether oxygens (including phenoxy) is 8. The lowest BCUT2D eigenvalue weighted by Crippen LogP contribution is -2.65. The lowest BCUT2D eigenvalue weighted by atomic mass is 9.96. The largest absolute Gasteiger partial charge is 0.455 e. The van der Waals surface area contributed by atoms with E-state index in [2.05, 4.69) is 0 Å². The predicted molar refractivity (Wildman–Crippen MR) is 209 cm³/mol. The first kappa shape index (κ1) is 41.1. The third-order valence-corrected chi connectivity index (χ3v) is 10.5. The van der Waals surface area contributed by atoms with Crippen LogP contribution in [0.1, 0.15) is 59.5 Å². The van der Waals surface area contributed by atoms with E-state index in [4.69, 9.17) is 37.9 Å². The van der Waals surface area contributed by atoms with Gasteiger partial charge in [0, 0.05) is 6.92 Å². The normalized spacial score (nSPS) is 27.5. The highest BCUT2D eigenvalue weighted by molar-refractivity contribution is 7.99.